The van der Waals surface area contributed by atoms with Gasteiger partial charge in [-0.25, -0.2) is 8.78 Å². The zero-order valence-electron chi connectivity index (χ0n) is 14.3. The molecule has 0 N–H and O–H groups in total. The molecule has 140 valence electrons. The lowest BCUT2D eigenvalue weighted by Gasteiger charge is -2.39. The van der Waals surface area contributed by atoms with Crippen LogP contribution in [-0.2, 0) is 6.18 Å². The highest BCUT2D eigenvalue weighted by Crippen LogP contribution is 2.32. The molecule has 0 aliphatic carbocycles. The summed E-state index contributed by atoms with van der Waals surface area (Å²) in [5.74, 6) is -2.02. The second kappa shape index (κ2) is 7.27. The van der Waals surface area contributed by atoms with Gasteiger partial charge in [0.2, 0.25) is 0 Å². The Balaban J connectivity index is 2.08. The topological polar surface area (TPSA) is 23.6 Å². The van der Waals surface area contributed by atoms with Gasteiger partial charge in [-0.05, 0) is 31.0 Å². The molecule has 8 heteroatoms. The van der Waals surface area contributed by atoms with Crippen LogP contribution in [0.15, 0.2) is 18.2 Å². The molecule has 2 unspecified atom stereocenters. The molecule has 0 radical (unpaired) electrons. The van der Waals surface area contributed by atoms with Crippen molar-refractivity contribution < 1.29 is 26.7 Å². The fourth-order valence-corrected chi connectivity index (χ4v) is 2.86. The van der Waals surface area contributed by atoms with Crippen molar-refractivity contribution in [1.82, 2.24) is 9.80 Å². The molecule has 0 spiro atoms. The molecule has 0 bridgehead atoms. The lowest BCUT2D eigenvalue weighted by molar-refractivity contribution is -0.140. The summed E-state index contributed by atoms with van der Waals surface area (Å²) in [4.78, 5) is 15.7. The van der Waals surface area contributed by atoms with E-state index in [-0.39, 0.29) is 17.5 Å². The molecule has 1 aromatic carbocycles. The van der Waals surface area contributed by atoms with Gasteiger partial charge in [0.1, 0.15) is 12.0 Å². The monoisotopic (exact) mass is 364 g/mol. The van der Waals surface area contributed by atoms with E-state index in [1.165, 1.54) is 11.9 Å². The van der Waals surface area contributed by atoms with Crippen molar-refractivity contribution in [2.45, 2.75) is 32.2 Å². The molecule has 2 atom stereocenters. The molecule has 0 aromatic heterocycles. The van der Waals surface area contributed by atoms with Crippen molar-refractivity contribution in [3.63, 3.8) is 0 Å². The first kappa shape index (κ1) is 19.6. The predicted octanol–water partition coefficient (Wildman–Crippen LogP) is 3.59. The van der Waals surface area contributed by atoms with Crippen LogP contribution in [0.4, 0.5) is 22.0 Å². The summed E-state index contributed by atoms with van der Waals surface area (Å²) in [7, 11) is 1.49. The van der Waals surface area contributed by atoms with Crippen molar-refractivity contribution in [3.8, 4) is 0 Å². The number of likely N-dealkylation sites (tertiary alicyclic amines) is 1. The van der Waals surface area contributed by atoms with Gasteiger partial charge in [0.05, 0.1) is 5.56 Å². The maximum atomic E-state index is 13.4. The number of halogens is 5. The molecule has 1 saturated heterocycles. The second-order valence-electron chi connectivity index (χ2n) is 6.64. The van der Waals surface area contributed by atoms with E-state index in [1.807, 2.05) is 11.8 Å². The molecule has 2 rings (SSSR count). The molecule has 0 saturated carbocycles. The first-order valence-corrected chi connectivity index (χ1v) is 8.01. The third-order valence-corrected chi connectivity index (χ3v) is 4.73. The van der Waals surface area contributed by atoms with Gasteiger partial charge in [-0.1, -0.05) is 6.92 Å². The Bertz CT molecular complexity index is 628. The van der Waals surface area contributed by atoms with E-state index >= 15 is 0 Å². The lowest BCUT2D eigenvalue weighted by atomic mass is 9.98. The van der Waals surface area contributed by atoms with Crippen molar-refractivity contribution in [2.24, 2.45) is 5.92 Å². The number of nitrogens with zero attached hydrogens (tertiary/aromatic N) is 2. The minimum Gasteiger partial charge on any atom is -0.339 e. The van der Waals surface area contributed by atoms with Crippen LogP contribution >= 0.6 is 0 Å². The minimum absolute atomic E-state index is 0.00369. The number of hydrogen-bond donors (Lipinski definition) is 0. The first-order valence-electron chi connectivity index (χ1n) is 8.01. The Morgan fingerprint density at radius 1 is 1.32 bits per heavy atom. The van der Waals surface area contributed by atoms with Crippen LogP contribution < -0.4 is 0 Å². The Labute approximate surface area is 143 Å². The second-order valence-corrected chi connectivity index (χ2v) is 6.64. The van der Waals surface area contributed by atoms with E-state index in [1.54, 1.807) is 6.92 Å². The quantitative estimate of drug-likeness (QED) is 0.746. The van der Waals surface area contributed by atoms with E-state index in [0.717, 1.165) is 6.07 Å². The predicted molar refractivity (Wildman–Crippen MR) is 83.5 cm³/mol. The van der Waals surface area contributed by atoms with Crippen molar-refractivity contribution >= 4 is 5.91 Å². The first-order chi connectivity index (χ1) is 11.5. The Kier molecular flexibility index (Phi) is 5.71. The van der Waals surface area contributed by atoms with Gasteiger partial charge >= 0.3 is 6.18 Å². The molecular weight excluding hydrogens is 343 g/mol. The smallest absolute Gasteiger partial charge is 0.339 e. The van der Waals surface area contributed by atoms with Gasteiger partial charge in [-0.2, -0.15) is 13.2 Å². The molecule has 1 aliphatic heterocycles. The van der Waals surface area contributed by atoms with Crippen LogP contribution in [0.3, 0.4) is 0 Å². The van der Waals surface area contributed by atoms with Crippen molar-refractivity contribution in [2.75, 3.05) is 26.7 Å². The highest BCUT2D eigenvalue weighted by molar-refractivity contribution is 5.94. The number of carbonyl (C=O) groups excluding carboxylic acids is 1. The van der Waals surface area contributed by atoms with Crippen molar-refractivity contribution in [1.29, 1.82) is 0 Å². The summed E-state index contributed by atoms with van der Waals surface area (Å²) in [6.07, 6.45) is -5.68. The molecule has 1 aromatic rings. The number of carbonyl (C=O) groups is 1. The standard InChI is InChI=1S/C17H21F5N2O/c1-10(7-24-8-13(18)9-24)11(2)23(3)16(25)12-4-5-15(19)14(6-12)17(20,21)22/h4-6,10-11,13H,7-9H2,1-3H3. The molecule has 25 heavy (non-hydrogen) atoms. The van der Waals surface area contributed by atoms with E-state index in [0.29, 0.717) is 31.8 Å². The molecule has 3 nitrogen and oxygen atoms in total. The van der Waals surface area contributed by atoms with Gasteiger partial charge in [0, 0.05) is 38.3 Å². The van der Waals surface area contributed by atoms with Gasteiger partial charge in [-0.3, -0.25) is 9.69 Å². The van der Waals surface area contributed by atoms with E-state index in [4.69, 9.17) is 0 Å². The highest BCUT2D eigenvalue weighted by atomic mass is 19.4. The maximum absolute atomic E-state index is 13.4. The third kappa shape index (κ3) is 4.48. The third-order valence-electron chi connectivity index (χ3n) is 4.73. The van der Waals surface area contributed by atoms with Crippen LogP contribution in [0.2, 0.25) is 0 Å². The summed E-state index contributed by atoms with van der Waals surface area (Å²) >= 11 is 0. The highest BCUT2D eigenvalue weighted by Gasteiger charge is 2.35. The van der Waals surface area contributed by atoms with Gasteiger partial charge in [0.25, 0.3) is 5.91 Å². The normalized spacial score (nSPS) is 18.6. The molecule has 1 aliphatic rings. The van der Waals surface area contributed by atoms with E-state index in [9.17, 15) is 26.7 Å². The van der Waals surface area contributed by atoms with Crippen LogP contribution in [0.5, 0.6) is 0 Å². The van der Waals surface area contributed by atoms with E-state index < -0.39 is 29.6 Å². The zero-order chi connectivity index (χ0) is 18.9. The summed E-state index contributed by atoms with van der Waals surface area (Å²) in [6, 6.07) is 1.96. The number of benzene rings is 1. The van der Waals surface area contributed by atoms with E-state index in [2.05, 4.69) is 0 Å². The molecule has 1 heterocycles. The Morgan fingerprint density at radius 3 is 2.44 bits per heavy atom. The number of rotatable bonds is 5. The number of hydrogen-bond acceptors (Lipinski definition) is 2. The molecule has 1 fully saturated rings. The zero-order valence-corrected chi connectivity index (χ0v) is 14.3. The maximum Gasteiger partial charge on any atom is 0.419 e. The largest absolute Gasteiger partial charge is 0.419 e. The summed E-state index contributed by atoms with van der Waals surface area (Å²) < 4.78 is 64.6. The molecule has 1 amide bonds. The average Bonchev–Trinajstić information content (AvgIpc) is 2.50. The SMILES string of the molecule is CC(CN1CC(F)C1)C(C)N(C)C(=O)c1ccc(F)c(C(F)(F)F)c1. The fraction of sp³-hybridized carbons (Fsp3) is 0.588. The summed E-state index contributed by atoms with van der Waals surface area (Å²) in [6.45, 7) is 5.00. The number of amides is 1. The Morgan fingerprint density at radius 2 is 1.92 bits per heavy atom. The van der Waals surface area contributed by atoms with Crippen molar-refractivity contribution in [3.05, 3.63) is 35.1 Å². The number of alkyl halides is 4. The Hall–Kier alpha value is -1.70. The lowest BCUT2D eigenvalue weighted by Crippen LogP contribution is -2.52. The van der Waals surface area contributed by atoms with Crippen LogP contribution in [0, 0.1) is 11.7 Å². The van der Waals surface area contributed by atoms with Crippen LogP contribution in [0.25, 0.3) is 0 Å². The summed E-state index contributed by atoms with van der Waals surface area (Å²) in [5, 5.41) is 0. The van der Waals surface area contributed by atoms with Gasteiger partial charge < -0.3 is 4.90 Å². The van der Waals surface area contributed by atoms with Crippen LogP contribution in [-0.4, -0.2) is 54.6 Å². The molecular formula is C17H21F5N2O. The van der Waals surface area contributed by atoms with Crippen LogP contribution in [0.1, 0.15) is 29.8 Å². The van der Waals surface area contributed by atoms with Gasteiger partial charge in [0.15, 0.2) is 0 Å². The van der Waals surface area contributed by atoms with Gasteiger partial charge in [-0.15, -0.1) is 0 Å². The summed E-state index contributed by atoms with van der Waals surface area (Å²) in [5.41, 5.74) is -1.68. The minimum atomic E-state index is -4.86. The average molecular weight is 364 g/mol. The fourth-order valence-electron chi connectivity index (χ4n) is 2.86.